The Balaban J connectivity index is 1.91. The third-order valence-electron chi connectivity index (χ3n) is 4.62. The largest absolute Gasteiger partial charge is 0.357 e. The van der Waals surface area contributed by atoms with Gasteiger partial charge in [-0.2, -0.15) is 0 Å². The first-order valence-corrected chi connectivity index (χ1v) is 11.6. The molecule has 0 radical (unpaired) electrons. The zero-order chi connectivity index (χ0) is 18.9. The van der Waals surface area contributed by atoms with Crippen molar-refractivity contribution in [2.24, 2.45) is 4.99 Å². The summed E-state index contributed by atoms with van der Waals surface area (Å²) in [6.45, 7) is 5.46. The lowest BCUT2D eigenvalue weighted by molar-refractivity contribution is 0.413. The molecule has 0 bridgehead atoms. The number of hydrogen-bond acceptors (Lipinski definition) is 2. The van der Waals surface area contributed by atoms with E-state index in [0.29, 0.717) is 22.3 Å². The van der Waals surface area contributed by atoms with Crippen LogP contribution in [0.4, 0.5) is 4.39 Å². The molecule has 3 unspecified atom stereocenters. The Bertz CT molecular complexity index is 641. The van der Waals surface area contributed by atoms with Crippen LogP contribution in [0.5, 0.6) is 0 Å². The quantitative estimate of drug-likeness (QED) is 0.495. The highest BCUT2D eigenvalue weighted by molar-refractivity contribution is 9.10. The lowest BCUT2D eigenvalue weighted by atomic mass is 9.95. The number of hydrogen-bond donors (Lipinski definition) is 2. The molecule has 0 aromatic heterocycles. The molecule has 0 amide bonds. The van der Waals surface area contributed by atoms with Gasteiger partial charge in [-0.15, -0.1) is 0 Å². The van der Waals surface area contributed by atoms with Crippen molar-refractivity contribution >= 4 is 32.7 Å². The smallest absolute Gasteiger partial charge is 0.191 e. The maximum atomic E-state index is 13.3. The molecule has 0 spiro atoms. The molecule has 1 saturated carbocycles. The first-order valence-electron chi connectivity index (χ1n) is 9.39. The Labute approximate surface area is 167 Å². The maximum absolute atomic E-state index is 13.3. The van der Waals surface area contributed by atoms with Crippen LogP contribution in [0.2, 0.25) is 0 Å². The summed E-state index contributed by atoms with van der Waals surface area (Å²) in [4.78, 5) is 4.65. The molecular weight excluding hydrogens is 417 g/mol. The minimum absolute atomic E-state index is 0.247. The van der Waals surface area contributed by atoms with Gasteiger partial charge in [-0.05, 0) is 66.2 Å². The zero-order valence-electron chi connectivity index (χ0n) is 15.6. The number of halogens is 2. The summed E-state index contributed by atoms with van der Waals surface area (Å²) in [6, 6.07) is 5.39. The average molecular weight is 446 g/mol. The summed E-state index contributed by atoms with van der Waals surface area (Å²) in [5, 5.41) is 7.09. The van der Waals surface area contributed by atoms with Crippen LogP contribution in [-0.2, 0) is 17.2 Å². The van der Waals surface area contributed by atoms with Crippen LogP contribution in [0, 0.1) is 5.82 Å². The number of guanidine groups is 1. The molecule has 0 heterocycles. The van der Waals surface area contributed by atoms with E-state index >= 15 is 0 Å². The summed E-state index contributed by atoms with van der Waals surface area (Å²) in [7, 11) is -0.723. The summed E-state index contributed by atoms with van der Waals surface area (Å²) >= 11 is 3.22. The van der Waals surface area contributed by atoms with Crippen molar-refractivity contribution in [3.63, 3.8) is 0 Å². The van der Waals surface area contributed by atoms with Gasteiger partial charge < -0.3 is 10.6 Å². The second kappa shape index (κ2) is 11.0. The van der Waals surface area contributed by atoms with Crippen LogP contribution in [0.25, 0.3) is 0 Å². The van der Waals surface area contributed by atoms with Crippen LogP contribution >= 0.6 is 15.9 Å². The molecule has 26 heavy (non-hydrogen) atoms. The highest BCUT2D eigenvalue weighted by atomic mass is 79.9. The molecule has 1 aliphatic rings. The molecule has 4 nitrogen and oxygen atoms in total. The van der Waals surface area contributed by atoms with Crippen LogP contribution in [-0.4, -0.2) is 40.3 Å². The van der Waals surface area contributed by atoms with E-state index in [9.17, 15) is 8.60 Å². The molecule has 7 heteroatoms. The Kier molecular flexibility index (Phi) is 9.05. The van der Waals surface area contributed by atoms with Crippen molar-refractivity contribution in [2.45, 2.75) is 57.2 Å². The van der Waals surface area contributed by atoms with Crippen LogP contribution in [0.3, 0.4) is 0 Å². The molecule has 1 aliphatic carbocycles. The lowest BCUT2D eigenvalue weighted by Crippen LogP contribution is -2.46. The number of rotatable bonds is 7. The highest BCUT2D eigenvalue weighted by Crippen LogP contribution is 2.23. The standard InChI is InChI=1S/C19H29BrFN3OS/c1-3-22-19(23-11-10-14-8-9-18(21)17(20)12-14)24-15-6-5-7-16(13-15)26(25)4-2/h8-9,12,15-16H,3-7,10-11,13H2,1-2H3,(H2,22,23,24). The van der Waals surface area contributed by atoms with Gasteiger partial charge in [-0.1, -0.05) is 19.4 Å². The van der Waals surface area contributed by atoms with Gasteiger partial charge in [0.05, 0.1) is 4.47 Å². The fraction of sp³-hybridized carbons (Fsp3) is 0.632. The highest BCUT2D eigenvalue weighted by Gasteiger charge is 2.25. The minimum atomic E-state index is -0.723. The number of benzene rings is 1. The van der Waals surface area contributed by atoms with E-state index in [1.165, 1.54) is 6.07 Å². The molecule has 2 rings (SSSR count). The monoisotopic (exact) mass is 445 g/mol. The Hall–Kier alpha value is -0.950. The van der Waals surface area contributed by atoms with Gasteiger partial charge in [-0.3, -0.25) is 9.20 Å². The number of aliphatic imine (C=N–C) groups is 1. The van der Waals surface area contributed by atoms with Gasteiger partial charge in [0.1, 0.15) is 5.82 Å². The predicted molar refractivity (Wildman–Crippen MR) is 112 cm³/mol. The van der Waals surface area contributed by atoms with Crippen molar-refractivity contribution in [1.82, 2.24) is 10.6 Å². The van der Waals surface area contributed by atoms with Gasteiger partial charge in [0.25, 0.3) is 0 Å². The molecule has 3 atom stereocenters. The van der Waals surface area contributed by atoms with Crippen LogP contribution in [0.1, 0.15) is 45.1 Å². The van der Waals surface area contributed by atoms with E-state index in [2.05, 4.69) is 31.6 Å². The fourth-order valence-corrected chi connectivity index (χ4v) is 5.03. The third kappa shape index (κ3) is 6.65. The van der Waals surface area contributed by atoms with E-state index in [0.717, 1.165) is 55.9 Å². The predicted octanol–water partition coefficient (Wildman–Crippen LogP) is 3.77. The van der Waals surface area contributed by atoms with E-state index < -0.39 is 10.8 Å². The second-order valence-corrected chi connectivity index (χ2v) is 9.42. The first kappa shape index (κ1) is 21.4. The van der Waals surface area contributed by atoms with Crippen molar-refractivity contribution in [1.29, 1.82) is 0 Å². The number of nitrogens with one attached hydrogen (secondary N) is 2. The molecule has 146 valence electrons. The third-order valence-corrected chi connectivity index (χ3v) is 6.97. The van der Waals surface area contributed by atoms with Gasteiger partial charge in [0.2, 0.25) is 0 Å². The fourth-order valence-electron chi connectivity index (χ4n) is 3.26. The Morgan fingerprint density at radius 1 is 1.38 bits per heavy atom. The molecular formula is C19H29BrFN3OS. The van der Waals surface area contributed by atoms with Crippen molar-refractivity contribution in [3.05, 3.63) is 34.1 Å². The summed E-state index contributed by atoms with van der Waals surface area (Å²) in [6.07, 6.45) is 4.95. The second-order valence-electron chi connectivity index (χ2n) is 6.56. The van der Waals surface area contributed by atoms with Crippen molar-refractivity contribution in [3.8, 4) is 0 Å². The normalized spacial score (nSPS) is 22.1. The Morgan fingerprint density at radius 3 is 2.88 bits per heavy atom. The van der Waals surface area contributed by atoms with Gasteiger partial charge in [-0.25, -0.2) is 4.39 Å². The summed E-state index contributed by atoms with van der Waals surface area (Å²) in [5.41, 5.74) is 1.05. The van der Waals surface area contributed by atoms with E-state index in [1.807, 2.05) is 13.8 Å². The molecule has 0 saturated heterocycles. The first-order chi connectivity index (χ1) is 12.5. The summed E-state index contributed by atoms with van der Waals surface area (Å²) in [5.74, 6) is 1.30. The van der Waals surface area contributed by atoms with Crippen molar-refractivity contribution < 1.29 is 8.60 Å². The van der Waals surface area contributed by atoms with Crippen LogP contribution < -0.4 is 10.6 Å². The molecule has 1 fully saturated rings. The Morgan fingerprint density at radius 2 is 2.19 bits per heavy atom. The molecule has 0 aliphatic heterocycles. The summed E-state index contributed by atoms with van der Waals surface area (Å²) < 4.78 is 25.9. The number of nitrogens with zero attached hydrogens (tertiary/aromatic N) is 1. The maximum Gasteiger partial charge on any atom is 0.191 e. The molecule has 2 N–H and O–H groups in total. The van der Waals surface area contributed by atoms with E-state index in [1.54, 1.807) is 12.1 Å². The van der Waals surface area contributed by atoms with Crippen LogP contribution in [0.15, 0.2) is 27.7 Å². The average Bonchev–Trinajstić information content (AvgIpc) is 2.64. The zero-order valence-corrected chi connectivity index (χ0v) is 18.0. The topological polar surface area (TPSA) is 53.5 Å². The molecule has 1 aromatic carbocycles. The van der Waals surface area contributed by atoms with Gasteiger partial charge in [0.15, 0.2) is 5.96 Å². The van der Waals surface area contributed by atoms with Gasteiger partial charge >= 0.3 is 0 Å². The SMILES string of the molecule is CCNC(=NCCc1ccc(F)c(Br)c1)NC1CCCC(S(=O)CC)C1. The van der Waals surface area contributed by atoms with E-state index in [-0.39, 0.29) is 5.82 Å². The lowest BCUT2D eigenvalue weighted by Gasteiger charge is -2.30. The van der Waals surface area contributed by atoms with E-state index in [4.69, 9.17) is 0 Å². The minimum Gasteiger partial charge on any atom is -0.357 e. The molecule has 1 aromatic rings. The van der Waals surface area contributed by atoms with Gasteiger partial charge in [0, 0.05) is 40.9 Å². The van der Waals surface area contributed by atoms with Crippen molar-refractivity contribution in [2.75, 3.05) is 18.8 Å².